The van der Waals surface area contributed by atoms with Crippen molar-refractivity contribution in [1.82, 2.24) is 0 Å². The second-order valence-corrected chi connectivity index (χ2v) is 3.29. The van der Waals surface area contributed by atoms with Crippen LogP contribution in [0.2, 0.25) is 0 Å². The Morgan fingerprint density at radius 3 is 2.54 bits per heavy atom. The highest BCUT2D eigenvalue weighted by atomic mass is 35.5. The Morgan fingerprint density at radius 2 is 2.00 bits per heavy atom. The van der Waals surface area contributed by atoms with Gasteiger partial charge in [0.15, 0.2) is 0 Å². The maximum atomic E-state index is 10.6. The molecule has 13 heavy (non-hydrogen) atoms. The Morgan fingerprint density at radius 1 is 1.38 bits per heavy atom. The third-order valence-electron chi connectivity index (χ3n) is 1.96. The van der Waals surface area contributed by atoms with Gasteiger partial charge in [-0.1, -0.05) is 23.7 Å². The molecule has 0 N–H and O–H groups in total. The number of nitro benzene ring substituents is 1. The fraction of sp³-hybridized carbons (Fsp3) is 0.111. The van der Waals surface area contributed by atoms with Gasteiger partial charge in [-0.15, -0.1) is 0 Å². The number of hydrogen-bond acceptors (Lipinski definition) is 2. The molecule has 1 aromatic carbocycles. The van der Waals surface area contributed by atoms with Crippen molar-refractivity contribution in [2.24, 2.45) is 0 Å². The molecule has 0 bridgehead atoms. The van der Waals surface area contributed by atoms with Crippen molar-refractivity contribution >= 4 is 22.9 Å². The lowest BCUT2D eigenvalue weighted by atomic mass is 10.1. The van der Waals surface area contributed by atoms with Crippen molar-refractivity contribution in [3.63, 3.8) is 0 Å². The van der Waals surface area contributed by atoms with E-state index in [2.05, 4.69) is 0 Å². The molecule has 1 aliphatic carbocycles. The van der Waals surface area contributed by atoms with Gasteiger partial charge in [0.05, 0.1) is 10.5 Å². The number of allylic oxidation sites excluding steroid dienone is 2. The molecule has 4 heteroatoms. The summed E-state index contributed by atoms with van der Waals surface area (Å²) in [5.41, 5.74) is 1.68. The maximum Gasteiger partial charge on any atom is 0.276 e. The van der Waals surface area contributed by atoms with Crippen LogP contribution in [0.1, 0.15) is 12.0 Å². The van der Waals surface area contributed by atoms with E-state index in [1.807, 2.05) is 0 Å². The van der Waals surface area contributed by atoms with E-state index in [1.54, 1.807) is 18.2 Å². The molecule has 0 atom stereocenters. The van der Waals surface area contributed by atoms with Crippen molar-refractivity contribution in [2.45, 2.75) is 6.42 Å². The van der Waals surface area contributed by atoms with Crippen LogP contribution in [0.25, 0.3) is 5.57 Å². The molecule has 0 fully saturated rings. The molecular weight excluding hydrogens is 190 g/mol. The highest BCUT2D eigenvalue weighted by molar-refractivity contribution is 6.38. The van der Waals surface area contributed by atoms with Gasteiger partial charge in [-0.05, 0) is 11.6 Å². The first-order valence-corrected chi connectivity index (χ1v) is 4.19. The Labute approximate surface area is 79.8 Å². The van der Waals surface area contributed by atoms with Crippen LogP contribution in [0.5, 0.6) is 0 Å². The largest absolute Gasteiger partial charge is 0.276 e. The summed E-state index contributed by atoms with van der Waals surface area (Å²) in [5.74, 6) is 0. The molecule has 3 nitrogen and oxygen atoms in total. The third-order valence-corrected chi connectivity index (χ3v) is 2.32. The molecular formula is C9H6ClNO2. The second kappa shape index (κ2) is 2.85. The first-order valence-electron chi connectivity index (χ1n) is 3.81. The summed E-state index contributed by atoms with van der Waals surface area (Å²) in [6.45, 7) is 0. The normalized spacial score (nSPS) is 14.5. The molecule has 0 heterocycles. The summed E-state index contributed by atoms with van der Waals surface area (Å²) in [6, 6.07) is 6.64. The lowest BCUT2D eigenvalue weighted by molar-refractivity contribution is -0.385. The van der Waals surface area contributed by atoms with Crippen molar-refractivity contribution in [2.75, 3.05) is 0 Å². The zero-order valence-electron chi connectivity index (χ0n) is 6.66. The summed E-state index contributed by atoms with van der Waals surface area (Å²) >= 11 is 5.72. The summed E-state index contributed by atoms with van der Waals surface area (Å²) < 4.78 is 0. The molecule has 0 amide bonds. The summed E-state index contributed by atoms with van der Waals surface area (Å²) in [7, 11) is 0. The molecule has 1 aliphatic rings. The minimum atomic E-state index is -0.384. The van der Waals surface area contributed by atoms with Gasteiger partial charge in [0.25, 0.3) is 5.69 Å². The minimum absolute atomic E-state index is 0.133. The predicted octanol–water partition coefficient (Wildman–Crippen LogP) is 2.95. The van der Waals surface area contributed by atoms with Gasteiger partial charge in [-0.25, -0.2) is 0 Å². The van der Waals surface area contributed by atoms with Crippen LogP contribution >= 0.6 is 11.6 Å². The maximum absolute atomic E-state index is 10.6. The Hall–Kier alpha value is -1.35. The topological polar surface area (TPSA) is 43.1 Å². The fourth-order valence-electron chi connectivity index (χ4n) is 1.24. The van der Waals surface area contributed by atoms with E-state index in [0.717, 1.165) is 10.6 Å². The van der Waals surface area contributed by atoms with Gasteiger partial charge in [-0.2, -0.15) is 0 Å². The number of benzene rings is 1. The van der Waals surface area contributed by atoms with Crippen molar-refractivity contribution in [1.29, 1.82) is 0 Å². The number of nitrogens with zero attached hydrogens (tertiary/aromatic N) is 1. The molecule has 0 saturated carbocycles. The summed E-state index contributed by atoms with van der Waals surface area (Å²) in [5, 5.41) is 11.3. The van der Waals surface area contributed by atoms with Crippen LogP contribution in [0.3, 0.4) is 0 Å². The SMILES string of the molecule is O=[N+]([O-])c1ccccc1C1=C(Cl)C1. The smallest absolute Gasteiger partial charge is 0.258 e. The van der Waals surface area contributed by atoms with Gasteiger partial charge in [-0.3, -0.25) is 10.1 Å². The third kappa shape index (κ3) is 1.42. The number of para-hydroxylation sites is 1. The Bertz CT molecular complexity index is 412. The number of nitro groups is 1. The van der Waals surface area contributed by atoms with Gasteiger partial charge in [0.1, 0.15) is 0 Å². The van der Waals surface area contributed by atoms with Crippen LogP contribution in [0, 0.1) is 10.1 Å². The van der Waals surface area contributed by atoms with E-state index in [4.69, 9.17) is 11.6 Å². The number of hydrogen-bond donors (Lipinski definition) is 0. The molecule has 0 unspecified atom stereocenters. The second-order valence-electron chi connectivity index (χ2n) is 2.83. The Balaban J connectivity index is 2.51. The van der Waals surface area contributed by atoms with E-state index in [-0.39, 0.29) is 10.6 Å². The first-order chi connectivity index (χ1) is 6.20. The summed E-state index contributed by atoms with van der Waals surface area (Å²) in [4.78, 5) is 10.2. The van der Waals surface area contributed by atoms with Gasteiger partial charge < -0.3 is 0 Å². The van der Waals surface area contributed by atoms with Gasteiger partial charge >= 0.3 is 0 Å². The van der Waals surface area contributed by atoms with E-state index >= 15 is 0 Å². The monoisotopic (exact) mass is 195 g/mol. The molecule has 0 aromatic heterocycles. The lowest BCUT2D eigenvalue weighted by Gasteiger charge is -1.95. The number of rotatable bonds is 2. The van der Waals surface area contributed by atoms with Crippen LogP contribution < -0.4 is 0 Å². The molecule has 2 rings (SSSR count). The van der Waals surface area contributed by atoms with Crippen LogP contribution in [-0.2, 0) is 0 Å². The molecule has 0 radical (unpaired) electrons. The van der Waals surface area contributed by atoms with E-state index in [0.29, 0.717) is 12.0 Å². The van der Waals surface area contributed by atoms with E-state index in [1.165, 1.54) is 6.07 Å². The molecule has 0 saturated heterocycles. The molecule has 66 valence electrons. The zero-order chi connectivity index (χ0) is 9.42. The Kier molecular flexibility index (Phi) is 1.81. The van der Waals surface area contributed by atoms with Crippen LogP contribution in [0.15, 0.2) is 29.3 Å². The lowest BCUT2D eigenvalue weighted by Crippen LogP contribution is -1.90. The standard InChI is InChI=1S/C9H6ClNO2/c10-8-5-7(8)6-3-1-2-4-9(6)11(12)13/h1-4H,5H2. The van der Waals surface area contributed by atoms with Gasteiger partial charge in [0.2, 0.25) is 0 Å². The predicted molar refractivity (Wildman–Crippen MR) is 50.5 cm³/mol. The highest BCUT2D eigenvalue weighted by Crippen LogP contribution is 2.45. The average molecular weight is 196 g/mol. The molecule has 0 spiro atoms. The fourth-order valence-corrected chi connectivity index (χ4v) is 1.48. The first kappa shape index (κ1) is 8.26. The van der Waals surface area contributed by atoms with Crippen molar-refractivity contribution in [3.05, 3.63) is 45.0 Å². The van der Waals surface area contributed by atoms with E-state index < -0.39 is 0 Å². The van der Waals surface area contributed by atoms with E-state index in [9.17, 15) is 10.1 Å². The van der Waals surface area contributed by atoms with Gasteiger partial charge in [0, 0.05) is 17.5 Å². The summed E-state index contributed by atoms with van der Waals surface area (Å²) in [6.07, 6.45) is 0.687. The van der Waals surface area contributed by atoms with Crippen LogP contribution in [0.4, 0.5) is 5.69 Å². The zero-order valence-corrected chi connectivity index (χ0v) is 7.41. The average Bonchev–Trinajstić information content (AvgIpc) is 2.82. The molecule has 1 aromatic rings. The van der Waals surface area contributed by atoms with Crippen LogP contribution in [-0.4, -0.2) is 4.92 Å². The number of halogens is 1. The quantitative estimate of drug-likeness (QED) is 0.538. The van der Waals surface area contributed by atoms with Crippen molar-refractivity contribution in [3.8, 4) is 0 Å². The highest BCUT2D eigenvalue weighted by Gasteiger charge is 2.27. The molecule has 0 aliphatic heterocycles. The van der Waals surface area contributed by atoms with Crippen molar-refractivity contribution < 1.29 is 4.92 Å². The minimum Gasteiger partial charge on any atom is -0.258 e.